The normalized spacial score (nSPS) is 16.4. The minimum Gasteiger partial charge on any atom is -0.376 e. The Bertz CT molecular complexity index is 733. The Morgan fingerprint density at radius 1 is 1.23 bits per heavy atom. The Labute approximate surface area is 159 Å². The molecule has 2 heterocycles. The highest BCUT2D eigenvalue weighted by Gasteiger charge is 2.16. The standard InChI is InChI=1S/C17H20N4O3S2/c22-14(9-12-5-2-1-3-6-12)19-16-20-21-17(26-16)25-11-15(23)18-10-13-7-4-8-24-13/h1-3,5-6,13H,4,7-11H2,(H,18,23)(H,19,20,22)/t13-/m1/s1. The zero-order valence-corrected chi connectivity index (χ0v) is 15.8. The molecule has 2 N–H and O–H groups in total. The van der Waals surface area contributed by atoms with E-state index in [0.29, 0.717) is 16.0 Å². The third kappa shape index (κ3) is 6.08. The molecule has 9 heteroatoms. The molecule has 1 aromatic carbocycles. The molecule has 0 saturated carbocycles. The molecule has 26 heavy (non-hydrogen) atoms. The lowest BCUT2D eigenvalue weighted by molar-refractivity contribution is -0.119. The summed E-state index contributed by atoms with van der Waals surface area (Å²) in [5, 5.41) is 14.0. The van der Waals surface area contributed by atoms with Crippen molar-refractivity contribution in [1.82, 2.24) is 15.5 Å². The van der Waals surface area contributed by atoms with Crippen molar-refractivity contribution in [1.29, 1.82) is 0 Å². The van der Waals surface area contributed by atoms with E-state index in [1.165, 1.54) is 23.1 Å². The Morgan fingerprint density at radius 2 is 2.08 bits per heavy atom. The van der Waals surface area contributed by atoms with Crippen LogP contribution < -0.4 is 10.6 Å². The van der Waals surface area contributed by atoms with Crippen molar-refractivity contribution in [3.8, 4) is 0 Å². The van der Waals surface area contributed by atoms with Gasteiger partial charge in [0, 0.05) is 13.2 Å². The number of amides is 2. The molecule has 0 radical (unpaired) electrons. The van der Waals surface area contributed by atoms with Crippen LogP contribution in [0, 0.1) is 0 Å². The Balaban J connectivity index is 1.38. The van der Waals surface area contributed by atoms with Crippen LogP contribution >= 0.6 is 23.1 Å². The molecule has 1 fully saturated rings. The van der Waals surface area contributed by atoms with Crippen LogP contribution in [0.3, 0.4) is 0 Å². The van der Waals surface area contributed by atoms with Crippen molar-refractivity contribution in [2.24, 2.45) is 0 Å². The second kappa shape index (κ2) is 9.65. The molecule has 0 unspecified atom stereocenters. The second-order valence-electron chi connectivity index (χ2n) is 5.81. The number of hydrogen-bond acceptors (Lipinski definition) is 7. The quantitative estimate of drug-likeness (QED) is 0.528. The molecule has 0 spiro atoms. The predicted octanol–water partition coefficient (Wildman–Crippen LogP) is 2.11. The molecule has 1 aromatic heterocycles. The monoisotopic (exact) mass is 392 g/mol. The largest absolute Gasteiger partial charge is 0.376 e. The van der Waals surface area contributed by atoms with E-state index in [1.807, 2.05) is 30.3 Å². The van der Waals surface area contributed by atoms with Crippen molar-refractivity contribution < 1.29 is 14.3 Å². The number of ether oxygens (including phenoxy) is 1. The highest BCUT2D eigenvalue weighted by molar-refractivity contribution is 8.01. The van der Waals surface area contributed by atoms with Gasteiger partial charge in [0.05, 0.1) is 18.3 Å². The highest BCUT2D eigenvalue weighted by Crippen LogP contribution is 2.25. The topological polar surface area (TPSA) is 93.2 Å². The molecule has 2 amide bonds. The van der Waals surface area contributed by atoms with Gasteiger partial charge in [-0.1, -0.05) is 53.4 Å². The van der Waals surface area contributed by atoms with E-state index in [1.54, 1.807) is 0 Å². The van der Waals surface area contributed by atoms with Crippen LogP contribution in [0.25, 0.3) is 0 Å². The first-order chi connectivity index (χ1) is 12.7. The molecule has 3 rings (SSSR count). The van der Waals surface area contributed by atoms with Crippen molar-refractivity contribution in [2.75, 3.05) is 24.2 Å². The number of rotatable bonds is 8. The van der Waals surface area contributed by atoms with Gasteiger partial charge in [-0.25, -0.2) is 0 Å². The van der Waals surface area contributed by atoms with E-state index < -0.39 is 0 Å². The fraction of sp³-hybridized carbons (Fsp3) is 0.412. The summed E-state index contributed by atoms with van der Waals surface area (Å²) in [6, 6.07) is 9.50. The molecule has 7 nitrogen and oxygen atoms in total. The summed E-state index contributed by atoms with van der Waals surface area (Å²) in [5.41, 5.74) is 0.937. The van der Waals surface area contributed by atoms with Gasteiger partial charge in [-0.2, -0.15) is 0 Å². The highest BCUT2D eigenvalue weighted by atomic mass is 32.2. The van der Waals surface area contributed by atoms with Crippen LogP contribution in [-0.2, 0) is 20.7 Å². The lowest BCUT2D eigenvalue weighted by Crippen LogP contribution is -2.32. The molecule has 0 bridgehead atoms. The van der Waals surface area contributed by atoms with Crippen molar-refractivity contribution >= 4 is 40.0 Å². The molecule has 2 aromatic rings. The summed E-state index contributed by atoms with van der Waals surface area (Å²) in [6.45, 7) is 1.33. The number of benzene rings is 1. The predicted molar refractivity (Wildman–Crippen MR) is 101 cm³/mol. The first kappa shape index (κ1) is 18.8. The lowest BCUT2D eigenvalue weighted by Gasteiger charge is -2.09. The van der Waals surface area contributed by atoms with Crippen LogP contribution in [-0.4, -0.2) is 47.0 Å². The number of carbonyl (C=O) groups is 2. The van der Waals surface area contributed by atoms with E-state index in [0.717, 1.165) is 25.0 Å². The number of nitrogens with zero attached hydrogens (tertiary/aromatic N) is 2. The molecule has 1 saturated heterocycles. The average molecular weight is 393 g/mol. The first-order valence-electron chi connectivity index (χ1n) is 8.37. The maximum Gasteiger partial charge on any atom is 0.230 e. The minimum absolute atomic E-state index is 0.0598. The third-order valence-electron chi connectivity index (χ3n) is 3.74. The summed E-state index contributed by atoms with van der Waals surface area (Å²) in [5.74, 6) is 0.0628. The summed E-state index contributed by atoms with van der Waals surface area (Å²) in [6.07, 6.45) is 2.47. The van der Waals surface area contributed by atoms with Gasteiger partial charge >= 0.3 is 0 Å². The smallest absolute Gasteiger partial charge is 0.230 e. The summed E-state index contributed by atoms with van der Waals surface area (Å²) in [7, 11) is 0. The SMILES string of the molecule is O=C(CSc1nnc(NC(=O)Cc2ccccc2)s1)NC[C@H]1CCCO1. The molecular weight excluding hydrogens is 372 g/mol. The average Bonchev–Trinajstić information content (AvgIpc) is 3.31. The fourth-order valence-electron chi connectivity index (χ4n) is 2.47. The number of carbonyl (C=O) groups excluding carboxylic acids is 2. The van der Waals surface area contributed by atoms with Crippen LogP contribution in [0.5, 0.6) is 0 Å². The number of nitrogens with one attached hydrogen (secondary N) is 2. The van der Waals surface area contributed by atoms with E-state index in [2.05, 4.69) is 20.8 Å². The molecule has 1 aliphatic heterocycles. The maximum absolute atomic E-state index is 12.0. The zero-order chi connectivity index (χ0) is 18.2. The summed E-state index contributed by atoms with van der Waals surface area (Å²) >= 11 is 2.56. The Hall–Kier alpha value is -1.97. The minimum atomic E-state index is -0.141. The van der Waals surface area contributed by atoms with E-state index in [9.17, 15) is 9.59 Å². The van der Waals surface area contributed by atoms with Crippen molar-refractivity contribution in [3.63, 3.8) is 0 Å². The summed E-state index contributed by atoms with van der Waals surface area (Å²) < 4.78 is 6.11. The van der Waals surface area contributed by atoms with Gasteiger partial charge < -0.3 is 15.4 Å². The van der Waals surface area contributed by atoms with Gasteiger partial charge in [-0.05, 0) is 18.4 Å². The van der Waals surface area contributed by atoms with Gasteiger partial charge in [0.1, 0.15) is 0 Å². The first-order valence-corrected chi connectivity index (χ1v) is 10.2. The van der Waals surface area contributed by atoms with Crippen LogP contribution in [0.2, 0.25) is 0 Å². The second-order valence-corrected chi connectivity index (χ2v) is 8.01. The lowest BCUT2D eigenvalue weighted by atomic mass is 10.1. The molecule has 138 valence electrons. The van der Waals surface area contributed by atoms with Crippen LogP contribution in [0.4, 0.5) is 5.13 Å². The number of anilines is 1. The molecule has 1 aliphatic rings. The molecule has 1 atom stereocenters. The van der Waals surface area contributed by atoms with Gasteiger partial charge in [0.25, 0.3) is 0 Å². The van der Waals surface area contributed by atoms with E-state index >= 15 is 0 Å². The zero-order valence-electron chi connectivity index (χ0n) is 14.1. The number of hydrogen-bond donors (Lipinski definition) is 2. The van der Waals surface area contributed by atoms with E-state index in [-0.39, 0.29) is 30.1 Å². The summed E-state index contributed by atoms with van der Waals surface area (Å²) in [4.78, 5) is 23.9. The van der Waals surface area contributed by atoms with Gasteiger partial charge in [-0.15, -0.1) is 10.2 Å². The molecular formula is C17H20N4O3S2. The maximum atomic E-state index is 12.0. The van der Waals surface area contributed by atoms with Gasteiger partial charge in [0.2, 0.25) is 16.9 Å². The third-order valence-corrected chi connectivity index (χ3v) is 5.71. The van der Waals surface area contributed by atoms with Crippen molar-refractivity contribution in [2.45, 2.75) is 29.7 Å². The number of thioether (sulfide) groups is 1. The van der Waals surface area contributed by atoms with Crippen LogP contribution in [0.1, 0.15) is 18.4 Å². The Kier molecular flexibility index (Phi) is 6.98. The fourth-order valence-corrected chi connectivity index (χ4v) is 4.07. The van der Waals surface area contributed by atoms with Crippen molar-refractivity contribution in [3.05, 3.63) is 35.9 Å². The number of aromatic nitrogens is 2. The molecule has 0 aliphatic carbocycles. The van der Waals surface area contributed by atoms with Gasteiger partial charge in [0.15, 0.2) is 4.34 Å². The van der Waals surface area contributed by atoms with Crippen LogP contribution in [0.15, 0.2) is 34.7 Å². The van der Waals surface area contributed by atoms with Gasteiger partial charge in [-0.3, -0.25) is 9.59 Å². The Morgan fingerprint density at radius 3 is 2.85 bits per heavy atom. The van der Waals surface area contributed by atoms with E-state index in [4.69, 9.17) is 4.74 Å².